The fourth-order valence-corrected chi connectivity index (χ4v) is 4.13. The maximum atomic E-state index is 10.7. The van der Waals surface area contributed by atoms with Crippen LogP contribution in [0.2, 0.25) is 0 Å². The average Bonchev–Trinajstić information content (AvgIpc) is 2.63. The van der Waals surface area contributed by atoms with Gasteiger partial charge in [0.25, 0.3) is 0 Å². The van der Waals surface area contributed by atoms with Crippen LogP contribution in [-0.2, 0) is 6.54 Å². The molecule has 2 aromatic rings. The molecule has 0 bridgehead atoms. The zero-order chi connectivity index (χ0) is 17.2. The highest BCUT2D eigenvalue weighted by molar-refractivity contribution is 5.78. The van der Waals surface area contributed by atoms with E-state index in [2.05, 4.69) is 46.0 Å². The zero-order valence-electron chi connectivity index (χ0n) is 15.0. The number of nitrogens with zero attached hydrogens (tertiary/aromatic N) is 4. The summed E-state index contributed by atoms with van der Waals surface area (Å²) in [6.07, 6.45) is 0.774. The first-order chi connectivity index (χ1) is 12.2. The van der Waals surface area contributed by atoms with E-state index in [-0.39, 0.29) is 6.10 Å². The Morgan fingerprint density at radius 2 is 1.84 bits per heavy atom. The van der Waals surface area contributed by atoms with Gasteiger partial charge in [-0.3, -0.25) is 14.8 Å². The number of para-hydroxylation sites is 1. The lowest BCUT2D eigenvalue weighted by Crippen LogP contribution is -2.58. The van der Waals surface area contributed by atoms with Crippen molar-refractivity contribution in [3.05, 3.63) is 42.1 Å². The number of aromatic nitrogens is 1. The molecule has 0 aliphatic carbocycles. The van der Waals surface area contributed by atoms with Gasteiger partial charge in [0.05, 0.1) is 17.3 Å². The summed E-state index contributed by atoms with van der Waals surface area (Å²) in [7, 11) is 2.17. The summed E-state index contributed by atoms with van der Waals surface area (Å²) in [6.45, 7) is 6.95. The van der Waals surface area contributed by atoms with Gasteiger partial charge in [-0.2, -0.15) is 0 Å². The Labute approximate surface area is 149 Å². The number of pyridine rings is 1. The number of piperazine rings is 1. The van der Waals surface area contributed by atoms with Crippen molar-refractivity contribution in [2.75, 3.05) is 46.3 Å². The second kappa shape index (κ2) is 7.38. The molecule has 25 heavy (non-hydrogen) atoms. The molecule has 0 amide bonds. The summed E-state index contributed by atoms with van der Waals surface area (Å²) in [4.78, 5) is 12.0. The second-order valence-electron chi connectivity index (χ2n) is 7.49. The first-order valence-corrected chi connectivity index (χ1v) is 9.37. The van der Waals surface area contributed by atoms with E-state index in [1.807, 2.05) is 12.1 Å². The minimum atomic E-state index is -0.266. The van der Waals surface area contributed by atoms with Gasteiger partial charge in [-0.05, 0) is 25.6 Å². The molecule has 5 heteroatoms. The minimum absolute atomic E-state index is 0.266. The van der Waals surface area contributed by atoms with Crippen LogP contribution < -0.4 is 0 Å². The normalized spacial score (nSPS) is 27.0. The van der Waals surface area contributed by atoms with E-state index in [0.717, 1.165) is 63.4 Å². The largest absolute Gasteiger partial charge is 0.390 e. The Balaban J connectivity index is 1.37. The lowest BCUT2D eigenvalue weighted by molar-refractivity contribution is -0.0288. The van der Waals surface area contributed by atoms with Gasteiger partial charge in [-0.25, -0.2) is 0 Å². The smallest absolute Gasteiger partial charge is 0.0822 e. The second-order valence-corrected chi connectivity index (χ2v) is 7.49. The summed E-state index contributed by atoms with van der Waals surface area (Å²) in [6, 6.07) is 12.8. The fraction of sp³-hybridized carbons (Fsp3) is 0.550. The molecule has 1 aromatic carbocycles. The third-order valence-corrected chi connectivity index (χ3v) is 5.68. The summed E-state index contributed by atoms with van der Waals surface area (Å²) < 4.78 is 0. The van der Waals surface area contributed by atoms with Crippen LogP contribution in [0.25, 0.3) is 10.9 Å². The van der Waals surface area contributed by atoms with E-state index in [9.17, 15) is 5.11 Å². The molecular formula is C20H28N4O. The van der Waals surface area contributed by atoms with Gasteiger partial charge in [-0.1, -0.05) is 24.3 Å². The zero-order valence-corrected chi connectivity index (χ0v) is 15.0. The van der Waals surface area contributed by atoms with Crippen LogP contribution in [0, 0.1) is 0 Å². The van der Waals surface area contributed by atoms with E-state index in [1.54, 1.807) is 0 Å². The Kier molecular flexibility index (Phi) is 4.99. The van der Waals surface area contributed by atoms with Crippen molar-refractivity contribution in [2.24, 2.45) is 0 Å². The number of likely N-dealkylation sites (tertiary alicyclic amines) is 1. The topological polar surface area (TPSA) is 42.8 Å². The third kappa shape index (κ3) is 3.85. The van der Waals surface area contributed by atoms with Crippen LogP contribution in [0.1, 0.15) is 12.1 Å². The van der Waals surface area contributed by atoms with Crippen LogP contribution in [0.4, 0.5) is 0 Å². The Bertz CT molecular complexity index is 714. The monoisotopic (exact) mass is 340 g/mol. The molecule has 0 saturated carbocycles. The molecule has 1 aromatic heterocycles. The van der Waals surface area contributed by atoms with Crippen molar-refractivity contribution < 1.29 is 5.11 Å². The maximum Gasteiger partial charge on any atom is 0.0822 e. The van der Waals surface area contributed by atoms with Crippen molar-refractivity contribution in [2.45, 2.75) is 25.1 Å². The summed E-state index contributed by atoms with van der Waals surface area (Å²) in [5.41, 5.74) is 2.14. The number of fused-ring (bicyclic) bond motifs is 1. The fourth-order valence-electron chi connectivity index (χ4n) is 4.13. The van der Waals surface area contributed by atoms with Crippen LogP contribution in [-0.4, -0.2) is 83.3 Å². The molecule has 134 valence electrons. The van der Waals surface area contributed by atoms with E-state index < -0.39 is 0 Å². The van der Waals surface area contributed by atoms with Gasteiger partial charge in [-0.15, -0.1) is 0 Å². The van der Waals surface area contributed by atoms with Gasteiger partial charge in [0, 0.05) is 57.2 Å². The third-order valence-electron chi connectivity index (χ3n) is 5.68. The van der Waals surface area contributed by atoms with Gasteiger partial charge in [0.15, 0.2) is 0 Å². The van der Waals surface area contributed by atoms with Crippen molar-refractivity contribution in [1.29, 1.82) is 0 Å². The SMILES string of the molecule is CN1CCN([C@@H]2CCN(Cc3ccc4ccccc4n3)C[C@H]2O)CC1. The van der Waals surface area contributed by atoms with Crippen LogP contribution in [0.5, 0.6) is 0 Å². The molecule has 1 N–H and O–H groups in total. The van der Waals surface area contributed by atoms with E-state index in [0.29, 0.717) is 6.04 Å². The number of aliphatic hydroxyl groups excluding tert-OH is 1. The number of hydrogen-bond donors (Lipinski definition) is 1. The molecule has 2 saturated heterocycles. The quantitative estimate of drug-likeness (QED) is 0.915. The van der Waals surface area contributed by atoms with Gasteiger partial charge in [0.1, 0.15) is 0 Å². The molecule has 2 atom stereocenters. The van der Waals surface area contributed by atoms with E-state index in [4.69, 9.17) is 4.98 Å². The number of aliphatic hydroxyl groups is 1. The first kappa shape index (κ1) is 16.9. The number of piperidine rings is 1. The lowest BCUT2D eigenvalue weighted by atomic mass is 9.99. The number of hydrogen-bond acceptors (Lipinski definition) is 5. The van der Waals surface area contributed by atoms with E-state index in [1.165, 1.54) is 5.39 Å². The van der Waals surface area contributed by atoms with Gasteiger partial charge in [0.2, 0.25) is 0 Å². The lowest BCUT2D eigenvalue weighted by Gasteiger charge is -2.44. The number of β-amino-alcohol motifs (C(OH)–C–C–N with tert-alkyl or cyclic N) is 1. The Hall–Kier alpha value is -1.53. The summed E-state index contributed by atoms with van der Waals surface area (Å²) >= 11 is 0. The highest BCUT2D eigenvalue weighted by atomic mass is 16.3. The van der Waals surface area contributed by atoms with Crippen molar-refractivity contribution in [3.8, 4) is 0 Å². The van der Waals surface area contributed by atoms with Crippen LogP contribution in [0.15, 0.2) is 36.4 Å². The molecule has 3 heterocycles. The molecule has 4 rings (SSSR count). The van der Waals surface area contributed by atoms with Gasteiger partial charge < -0.3 is 10.0 Å². The molecular weight excluding hydrogens is 312 g/mol. The minimum Gasteiger partial charge on any atom is -0.390 e. The molecule has 2 aliphatic rings. The Morgan fingerprint density at radius 1 is 1.04 bits per heavy atom. The highest BCUT2D eigenvalue weighted by Gasteiger charge is 2.33. The summed E-state index contributed by atoms with van der Waals surface area (Å²) in [5.74, 6) is 0. The molecule has 0 radical (unpaired) electrons. The molecule has 0 spiro atoms. The molecule has 2 fully saturated rings. The molecule has 2 aliphatic heterocycles. The number of likely N-dealkylation sites (N-methyl/N-ethyl adjacent to an activating group) is 1. The van der Waals surface area contributed by atoms with Crippen molar-refractivity contribution in [1.82, 2.24) is 19.7 Å². The number of benzene rings is 1. The predicted molar refractivity (Wildman–Crippen MR) is 101 cm³/mol. The predicted octanol–water partition coefficient (Wildman–Crippen LogP) is 1.42. The maximum absolute atomic E-state index is 10.7. The molecule has 0 unspecified atom stereocenters. The van der Waals surface area contributed by atoms with Crippen LogP contribution in [0.3, 0.4) is 0 Å². The molecule has 5 nitrogen and oxygen atoms in total. The Morgan fingerprint density at radius 3 is 2.64 bits per heavy atom. The number of rotatable bonds is 3. The first-order valence-electron chi connectivity index (χ1n) is 9.37. The van der Waals surface area contributed by atoms with Crippen LogP contribution >= 0.6 is 0 Å². The van der Waals surface area contributed by atoms with Gasteiger partial charge >= 0.3 is 0 Å². The van der Waals surface area contributed by atoms with Crippen molar-refractivity contribution >= 4 is 10.9 Å². The standard InChI is InChI=1S/C20H28N4O/c1-22-10-12-24(13-11-22)19-8-9-23(15-20(19)25)14-17-7-6-16-4-2-3-5-18(16)21-17/h2-7,19-20,25H,8-15H2,1H3/t19-,20-/m1/s1. The summed E-state index contributed by atoms with van der Waals surface area (Å²) in [5, 5.41) is 11.9. The van der Waals surface area contributed by atoms with Crippen molar-refractivity contribution in [3.63, 3.8) is 0 Å². The average molecular weight is 340 g/mol. The highest BCUT2D eigenvalue weighted by Crippen LogP contribution is 2.21. The van der Waals surface area contributed by atoms with E-state index >= 15 is 0 Å².